The molecule has 6 nitrogen and oxygen atoms in total. The number of hydrogen-bond acceptors (Lipinski definition) is 4. The van der Waals surface area contributed by atoms with Gasteiger partial charge in [-0.15, -0.1) is 0 Å². The molecule has 0 aliphatic carbocycles. The molecule has 0 aliphatic rings. The average molecular weight is 289 g/mol. The highest BCUT2D eigenvalue weighted by molar-refractivity contribution is 6.06. The molecular formula is C14H12FN3O3. The van der Waals surface area contributed by atoms with E-state index in [-0.39, 0.29) is 16.9 Å². The topological polar surface area (TPSA) is 89.5 Å². The normalized spacial score (nSPS) is 10.2. The minimum absolute atomic E-state index is 0.0849. The number of hydrogen-bond donors (Lipinski definition) is 1. The van der Waals surface area contributed by atoms with Gasteiger partial charge in [0.2, 0.25) is 0 Å². The van der Waals surface area contributed by atoms with Gasteiger partial charge in [-0.2, -0.15) is 0 Å². The first-order valence-corrected chi connectivity index (χ1v) is 5.97. The van der Waals surface area contributed by atoms with Crippen molar-refractivity contribution in [3.05, 3.63) is 64.0 Å². The minimum atomic E-state index is -0.618. The minimum Gasteiger partial charge on any atom is -0.393 e. The Morgan fingerprint density at radius 3 is 2.38 bits per heavy atom. The van der Waals surface area contributed by atoms with Crippen molar-refractivity contribution in [2.45, 2.75) is 0 Å². The van der Waals surface area contributed by atoms with E-state index in [9.17, 15) is 19.3 Å². The van der Waals surface area contributed by atoms with Crippen LogP contribution in [-0.4, -0.2) is 17.9 Å². The van der Waals surface area contributed by atoms with Crippen molar-refractivity contribution >= 4 is 23.0 Å². The van der Waals surface area contributed by atoms with Crippen LogP contribution in [-0.2, 0) is 0 Å². The Balaban J connectivity index is 2.29. The maximum Gasteiger partial charge on any atom is 0.292 e. The fraction of sp³-hybridized carbons (Fsp3) is 0.0714. The second-order valence-corrected chi connectivity index (χ2v) is 4.37. The third kappa shape index (κ3) is 2.97. The Morgan fingerprint density at radius 1 is 1.24 bits per heavy atom. The Labute approximate surface area is 119 Å². The van der Waals surface area contributed by atoms with Crippen LogP contribution in [0.5, 0.6) is 0 Å². The first-order chi connectivity index (χ1) is 9.90. The van der Waals surface area contributed by atoms with Crippen molar-refractivity contribution in [2.75, 3.05) is 17.7 Å². The summed E-state index contributed by atoms with van der Waals surface area (Å²) in [7, 11) is 1.52. The summed E-state index contributed by atoms with van der Waals surface area (Å²) >= 11 is 0. The molecule has 21 heavy (non-hydrogen) atoms. The highest BCUT2D eigenvalue weighted by Gasteiger charge is 2.18. The van der Waals surface area contributed by atoms with Gasteiger partial charge in [0.05, 0.1) is 4.92 Å². The fourth-order valence-electron chi connectivity index (χ4n) is 1.83. The second-order valence-electron chi connectivity index (χ2n) is 4.37. The molecule has 0 aliphatic heterocycles. The smallest absolute Gasteiger partial charge is 0.292 e. The number of nitrogens with two attached hydrogens (primary N) is 1. The summed E-state index contributed by atoms with van der Waals surface area (Å²) in [5.41, 5.74) is 5.93. The Morgan fingerprint density at radius 2 is 1.86 bits per heavy atom. The van der Waals surface area contributed by atoms with Gasteiger partial charge < -0.3 is 10.6 Å². The van der Waals surface area contributed by atoms with E-state index in [0.717, 1.165) is 0 Å². The molecule has 2 aromatic carbocycles. The maximum atomic E-state index is 12.9. The second kappa shape index (κ2) is 5.58. The quantitative estimate of drug-likeness (QED) is 0.534. The lowest BCUT2D eigenvalue weighted by molar-refractivity contribution is -0.383. The molecule has 7 heteroatoms. The van der Waals surface area contributed by atoms with E-state index in [1.54, 1.807) is 0 Å². The average Bonchev–Trinajstić information content (AvgIpc) is 2.46. The molecule has 2 rings (SSSR count). The SMILES string of the molecule is CN(C(=O)c1ccc([N+](=O)[O-])c(N)c1)c1ccc(F)cc1. The van der Waals surface area contributed by atoms with Gasteiger partial charge in [-0.05, 0) is 36.4 Å². The molecule has 0 radical (unpaired) electrons. The third-order valence-corrected chi connectivity index (χ3v) is 2.99. The van der Waals surface area contributed by atoms with Crippen LogP contribution in [0.3, 0.4) is 0 Å². The number of carbonyl (C=O) groups is 1. The highest BCUT2D eigenvalue weighted by Crippen LogP contribution is 2.24. The predicted molar refractivity (Wildman–Crippen MR) is 76.6 cm³/mol. The van der Waals surface area contributed by atoms with Gasteiger partial charge in [-0.25, -0.2) is 4.39 Å². The molecule has 1 amide bonds. The molecule has 0 bridgehead atoms. The fourth-order valence-corrected chi connectivity index (χ4v) is 1.83. The van der Waals surface area contributed by atoms with Crippen LogP contribution in [0, 0.1) is 15.9 Å². The monoisotopic (exact) mass is 289 g/mol. The Kier molecular flexibility index (Phi) is 3.84. The summed E-state index contributed by atoms with van der Waals surface area (Å²) in [4.78, 5) is 23.6. The third-order valence-electron chi connectivity index (χ3n) is 2.99. The molecule has 0 aromatic heterocycles. The zero-order valence-electron chi connectivity index (χ0n) is 11.1. The van der Waals surface area contributed by atoms with Crippen LogP contribution in [0.15, 0.2) is 42.5 Å². The summed E-state index contributed by atoms with van der Waals surface area (Å²) in [6, 6.07) is 9.16. The van der Waals surface area contributed by atoms with E-state index in [4.69, 9.17) is 5.73 Å². The van der Waals surface area contributed by atoms with Crippen LogP contribution in [0.2, 0.25) is 0 Å². The summed E-state index contributed by atoms with van der Waals surface area (Å²) in [6.45, 7) is 0. The van der Waals surface area contributed by atoms with Crippen molar-refractivity contribution < 1.29 is 14.1 Å². The lowest BCUT2D eigenvalue weighted by Crippen LogP contribution is -2.26. The summed E-state index contributed by atoms with van der Waals surface area (Å²) in [5, 5.41) is 10.7. The van der Waals surface area contributed by atoms with E-state index in [1.807, 2.05) is 0 Å². The summed E-state index contributed by atoms with van der Waals surface area (Å²) in [6.07, 6.45) is 0. The van der Waals surface area contributed by atoms with Crippen molar-refractivity contribution in [1.29, 1.82) is 0 Å². The largest absolute Gasteiger partial charge is 0.393 e. The molecular weight excluding hydrogens is 277 g/mol. The number of nitro benzene ring substituents is 1. The molecule has 2 aromatic rings. The van der Waals surface area contributed by atoms with Crippen LogP contribution >= 0.6 is 0 Å². The van der Waals surface area contributed by atoms with Gasteiger partial charge in [-0.3, -0.25) is 14.9 Å². The van der Waals surface area contributed by atoms with Gasteiger partial charge in [-0.1, -0.05) is 0 Å². The van der Waals surface area contributed by atoms with Crippen LogP contribution in [0.4, 0.5) is 21.5 Å². The number of carbonyl (C=O) groups excluding carboxylic acids is 1. The van der Waals surface area contributed by atoms with Gasteiger partial charge in [0.25, 0.3) is 11.6 Å². The number of rotatable bonds is 3. The number of benzene rings is 2. The summed E-state index contributed by atoms with van der Waals surface area (Å²) in [5.74, 6) is -0.803. The van der Waals surface area contributed by atoms with Crippen LogP contribution in [0.25, 0.3) is 0 Å². The Hall–Kier alpha value is -2.96. The highest BCUT2D eigenvalue weighted by atomic mass is 19.1. The standard InChI is InChI=1S/C14H12FN3O3/c1-17(11-5-3-10(15)4-6-11)14(19)9-2-7-13(18(20)21)12(16)8-9/h2-8H,16H2,1H3. The number of halogens is 1. The number of nitrogen functional groups attached to an aromatic ring is 1. The lowest BCUT2D eigenvalue weighted by Gasteiger charge is -2.17. The molecule has 0 spiro atoms. The Bertz CT molecular complexity index is 701. The number of anilines is 2. The molecule has 0 fully saturated rings. The first-order valence-electron chi connectivity index (χ1n) is 5.97. The molecule has 0 heterocycles. The predicted octanol–water partition coefficient (Wildman–Crippen LogP) is 2.59. The molecule has 0 atom stereocenters. The van der Waals surface area contributed by atoms with Crippen molar-refractivity contribution in [2.24, 2.45) is 0 Å². The van der Waals surface area contributed by atoms with E-state index in [2.05, 4.69) is 0 Å². The maximum absolute atomic E-state index is 12.9. The number of nitro groups is 1. The van der Waals surface area contributed by atoms with E-state index in [1.165, 1.54) is 54.4 Å². The number of nitrogens with zero attached hydrogens (tertiary/aromatic N) is 2. The molecule has 2 N–H and O–H groups in total. The molecule has 0 unspecified atom stereocenters. The van der Waals surface area contributed by atoms with Crippen molar-refractivity contribution in [3.63, 3.8) is 0 Å². The number of amides is 1. The zero-order chi connectivity index (χ0) is 15.6. The van der Waals surface area contributed by atoms with Gasteiger partial charge in [0.1, 0.15) is 11.5 Å². The van der Waals surface area contributed by atoms with Crippen molar-refractivity contribution in [3.8, 4) is 0 Å². The molecule has 0 saturated carbocycles. The van der Waals surface area contributed by atoms with Gasteiger partial charge in [0, 0.05) is 24.4 Å². The zero-order valence-corrected chi connectivity index (χ0v) is 11.1. The van der Waals surface area contributed by atoms with Crippen molar-refractivity contribution in [1.82, 2.24) is 0 Å². The molecule has 108 valence electrons. The van der Waals surface area contributed by atoms with E-state index < -0.39 is 16.6 Å². The lowest BCUT2D eigenvalue weighted by atomic mass is 10.1. The van der Waals surface area contributed by atoms with Gasteiger partial charge in [0.15, 0.2) is 0 Å². The first kappa shape index (κ1) is 14.4. The molecule has 0 saturated heterocycles. The van der Waals surface area contributed by atoms with E-state index in [0.29, 0.717) is 5.69 Å². The van der Waals surface area contributed by atoms with Crippen LogP contribution in [0.1, 0.15) is 10.4 Å². The van der Waals surface area contributed by atoms with Gasteiger partial charge >= 0.3 is 0 Å². The van der Waals surface area contributed by atoms with E-state index >= 15 is 0 Å². The van der Waals surface area contributed by atoms with Crippen LogP contribution < -0.4 is 10.6 Å². The summed E-state index contributed by atoms with van der Waals surface area (Å²) < 4.78 is 12.9.